The highest BCUT2D eigenvalue weighted by atomic mass is 15.1. The minimum Gasteiger partial charge on any atom is -0.311 e. The van der Waals surface area contributed by atoms with E-state index < -0.39 is 5.41 Å². The molecule has 326 valence electrons. The van der Waals surface area contributed by atoms with Gasteiger partial charge in [0.1, 0.15) is 0 Å². The zero-order valence-electron chi connectivity index (χ0n) is 38.2. The van der Waals surface area contributed by atoms with Crippen molar-refractivity contribution in [2.24, 2.45) is 0 Å². The molecule has 2 heterocycles. The van der Waals surface area contributed by atoms with Gasteiger partial charge < -0.3 is 14.0 Å². The maximum absolute atomic E-state index is 2.60. The summed E-state index contributed by atoms with van der Waals surface area (Å²) in [6.07, 6.45) is 0. The van der Waals surface area contributed by atoms with Gasteiger partial charge in [0, 0.05) is 55.5 Å². The van der Waals surface area contributed by atoms with E-state index in [0.29, 0.717) is 0 Å². The second kappa shape index (κ2) is 14.9. The van der Waals surface area contributed by atoms with Crippen LogP contribution < -0.4 is 4.90 Å². The Morgan fingerprint density at radius 1 is 0.300 bits per heavy atom. The normalized spacial score (nSPS) is 13.0. The van der Waals surface area contributed by atoms with Crippen molar-refractivity contribution in [1.82, 2.24) is 9.13 Å². The van der Waals surface area contributed by atoms with Crippen LogP contribution in [0.25, 0.3) is 88.4 Å². The molecule has 2 aliphatic rings. The Hall–Kier alpha value is -9.18. The van der Waals surface area contributed by atoms with E-state index >= 15 is 0 Å². The maximum Gasteiger partial charge on any atom is 0.0726 e. The van der Waals surface area contributed by atoms with Gasteiger partial charge in [0.15, 0.2) is 0 Å². The average Bonchev–Trinajstić information content (AvgIpc) is 4.15. The van der Waals surface area contributed by atoms with Crippen LogP contribution in [0, 0.1) is 0 Å². The van der Waals surface area contributed by atoms with Crippen LogP contribution in [0.4, 0.5) is 17.1 Å². The lowest BCUT2D eigenvalue weighted by molar-refractivity contribution is 0.794. The van der Waals surface area contributed by atoms with E-state index in [0.717, 1.165) is 28.4 Å². The van der Waals surface area contributed by atoms with Gasteiger partial charge in [-0.2, -0.15) is 0 Å². The first-order valence-electron chi connectivity index (χ1n) is 24.3. The zero-order chi connectivity index (χ0) is 45.9. The van der Waals surface area contributed by atoms with Crippen LogP contribution in [-0.4, -0.2) is 9.13 Å². The number of nitrogens with zero attached hydrogens (tertiary/aromatic N) is 3. The Kier molecular flexibility index (Phi) is 8.28. The topological polar surface area (TPSA) is 13.1 Å². The standard InChI is InChI=1S/C67H43N3/c1-5-19-46(20-6-1)68(47-21-7-2-8-22-47)50-36-33-44(34-37-50)45-35-40-59-56(43-45)63-60(67(59)57-30-16-13-27-51(57)52-28-14-17-31-58(52)67)41-38-53-54-39-42-62-64(66(54)70(65(53)63)49-25-11-4-12-26-49)55-29-15-18-32-61(55)69(62)48-23-9-3-10-24-48/h1-43H. The molecule has 0 saturated heterocycles. The fourth-order valence-corrected chi connectivity index (χ4v) is 12.5. The number of anilines is 3. The summed E-state index contributed by atoms with van der Waals surface area (Å²) in [5, 5.41) is 4.98. The van der Waals surface area contributed by atoms with Gasteiger partial charge in [-0.05, 0) is 129 Å². The first kappa shape index (κ1) is 38.9. The molecule has 15 rings (SSSR count). The fraction of sp³-hybridized carbons (Fsp3) is 0.0149. The highest BCUT2D eigenvalue weighted by Crippen LogP contribution is 2.64. The van der Waals surface area contributed by atoms with Gasteiger partial charge in [0.25, 0.3) is 0 Å². The van der Waals surface area contributed by atoms with Crippen molar-refractivity contribution in [3.05, 3.63) is 283 Å². The molecule has 0 radical (unpaired) electrons. The van der Waals surface area contributed by atoms with Gasteiger partial charge in [-0.25, -0.2) is 0 Å². The first-order chi connectivity index (χ1) is 34.8. The Bertz CT molecular complexity index is 4120. The quantitative estimate of drug-likeness (QED) is 0.162. The molecule has 0 unspecified atom stereocenters. The summed E-state index contributed by atoms with van der Waals surface area (Å²) in [5.41, 5.74) is 22.8. The molecule has 11 aromatic carbocycles. The lowest BCUT2D eigenvalue weighted by Crippen LogP contribution is -2.25. The largest absolute Gasteiger partial charge is 0.311 e. The van der Waals surface area contributed by atoms with Crippen LogP contribution in [0.2, 0.25) is 0 Å². The minimum absolute atomic E-state index is 0.517. The Balaban J connectivity index is 1.04. The second-order valence-electron chi connectivity index (χ2n) is 18.8. The van der Waals surface area contributed by atoms with E-state index in [1.54, 1.807) is 0 Å². The van der Waals surface area contributed by atoms with Crippen molar-refractivity contribution in [2.45, 2.75) is 5.41 Å². The highest BCUT2D eigenvalue weighted by Gasteiger charge is 2.52. The number of rotatable bonds is 6. The predicted molar refractivity (Wildman–Crippen MR) is 292 cm³/mol. The Labute approximate surface area is 406 Å². The molecule has 3 heteroatoms. The van der Waals surface area contributed by atoms with Gasteiger partial charge in [0.2, 0.25) is 0 Å². The molecule has 2 aromatic heterocycles. The predicted octanol–water partition coefficient (Wildman–Crippen LogP) is 17.4. The van der Waals surface area contributed by atoms with Gasteiger partial charge in [-0.3, -0.25) is 0 Å². The summed E-state index contributed by atoms with van der Waals surface area (Å²) in [7, 11) is 0. The second-order valence-corrected chi connectivity index (χ2v) is 18.8. The number of para-hydroxylation sites is 5. The number of aromatic nitrogens is 2. The summed E-state index contributed by atoms with van der Waals surface area (Å²) in [6, 6.07) is 96.4. The van der Waals surface area contributed by atoms with Gasteiger partial charge in [0.05, 0.1) is 27.5 Å². The van der Waals surface area contributed by atoms with Crippen LogP contribution in [0.5, 0.6) is 0 Å². The van der Waals surface area contributed by atoms with Gasteiger partial charge in [-0.15, -0.1) is 0 Å². The average molecular weight is 890 g/mol. The first-order valence-corrected chi connectivity index (χ1v) is 24.3. The smallest absolute Gasteiger partial charge is 0.0726 e. The van der Waals surface area contributed by atoms with E-state index in [1.807, 2.05) is 0 Å². The molecule has 2 aliphatic carbocycles. The molecule has 1 spiro atoms. The molecular formula is C67H43N3. The van der Waals surface area contributed by atoms with Crippen molar-refractivity contribution in [2.75, 3.05) is 4.90 Å². The molecule has 0 fully saturated rings. The zero-order valence-corrected chi connectivity index (χ0v) is 38.2. The lowest BCUT2D eigenvalue weighted by Gasteiger charge is -2.30. The molecule has 13 aromatic rings. The van der Waals surface area contributed by atoms with E-state index in [-0.39, 0.29) is 0 Å². The third-order valence-corrected chi connectivity index (χ3v) is 15.3. The van der Waals surface area contributed by atoms with Crippen LogP contribution in [-0.2, 0) is 5.41 Å². The lowest BCUT2D eigenvalue weighted by atomic mass is 9.70. The molecule has 0 atom stereocenters. The number of fused-ring (bicyclic) bond motifs is 18. The van der Waals surface area contributed by atoms with Crippen LogP contribution in [0.1, 0.15) is 22.3 Å². The summed E-state index contributed by atoms with van der Waals surface area (Å²) < 4.78 is 5.04. The molecule has 70 heavy (non-hydrogen) atoms. The van der Waals surface area contributed by atoms with Gasteiger partial charge in [-0.1, -0.05) is 182 Å². The monoisotopic (exact) mass is 889 g/mol. The van der Waals surface area contributed by atoms with Crippen LogP contribution >= 0.6 is 0 Å². The molecule has 0 aliphatic heterocycles. The summed E-state index contributed by atoms with van der Waals surface area (Å²) in [4.78, 5) is 2.33. The number of hydrogen-bond donors (Lipinski definition) is 0. The molecule has 0 saturated carbocycles. The summed E-state index contributed by atoms with van der Waals surface area (Å²) in [5.74, 6) is 0. The number of hydrogen-bond acceptors (Lipinski definition) is 1. The minimum atomic E-state index is -0.517. The van der Waals surface area contributed by atoms with Crippen LogP contribution in [0.3, 0.4) is 0 Å². The molecular weight excluding hydrogens is 847 g/mol. The van der Waals surface area contributed by atoms with Crippen molar-refractivity contribution >= 4 is 60.7 Å². The van der Waals surface area contributed by atoms with Gasteiger partial charge >= 0.3 is 0 Å². The number of benzene rings is 11. The third kappa shape index (κ3) is 5.29. The third-order valence-electron chi connectivity index (χ3n) is 15.3. The molecule has 0 N–H and O–H groups in total. The highest BCUT2D eigenvalue weighted by molar-refractivity contribution is 6.28. The van der Waals surface area contributed by atoms with E-state index in [1.165, 1.54) is 99.2 Å². The SMILES string of the molecule is c1ccc(N(c2ccccc2)c2ccc(-c3ccc4c(c3)-c3c(ccc5c6ccc7c(c8ccccc8n7-c7ccccc7)c6n(-c6ccccc6)c35)C43c4ccccc4-c4ccccc43)cc2)cc1. The maximum atomic E-state index is 2.60. The summed E-state index contributed by atoms with van der Waals surface area (Å²) in [6.45, 7) is 0. The molecule has 0 bridgehead atoms. The van der Waals surface area contributed by atoms with E-state index in [2.05, 4.69) is 275 Å². The summed E-state index contributed by atoms with van der Waals surface area (Å²) >= 11 is 0. The van der Waals surface area contributed by atoms with Crippen molar-refractivity contribution in [1.29, 1.82) is 0 Å². The molecule has 3 nitrogen and oxygen atoms in total. The van der Waals surface area contributed by atoms with Crippen molar-refractivity contribution in [3.8, 4) is 44.8 Å². The molecule has 0 amide bonds. The fourth-order valence-electron chi connectivity index (χ4n) is 12.5. The van der Waals surface area contributed by atoms with Crippen LogP contribution in [0.15, 0.2) is 261 Å². The van der Waals surface area contributed by atoms with Crippen molar-refractivity contribution < 1.29 is 0 Å². The Morgan fingerprint density at radius 3 is 1.44 bits per heavy atom. The Morgan fingerprint density at radius 2 is 0.786 bits per heavy atom. The van der Waals surface area contributed by atoms with E-state index in [9.17, 15) is 0 Å². The van der Waals surface area contributed by atoms with E-state index in [4.69, 9.17) is 0 Å². The van der Waals surface area contributed by atoms with Crippen molar-refractivity contribution in [3.63, 3.8) is 0 Å².